The molecule has 0 aliphatic carbocycles. The zero-order chi connectivity index (χ0) is 17.8. The van der Waals surface area contributed by atoms with Gasteiger partial charge < -0.3 is 10.2 Å². The van der Waals surface area contributed by atoms with Crippen molar-refractivity contribution in [3.8, 4) is 0 Å². The standard InChI is InChI=1S/C21H24N2O2/c1-15-3-7-17(8-4-15)13-22-21(25)19-11-12-20(24)23(19)14-18-9-5-16(2)6-10-18/h3-10,19H,11-14H2,1-2H3,(H,22,25)/t19-/m1/s1. The Kier molecular flexibility index (Phi) is 5.17. The van der Waals surface area contributed by atoms with E-state index in [1.54, 1.807) is 4.90 Å². The lowest BCUT2D eigenvalue weighted by atomic mass is 10.1. The summed E-state index contributed by atoms with van der Waals surface area (Å²) >= 11 is 0. The minimum Gasteiger partial charge on any atom is -0.350 e. The van der Waals surface area contributed by atoms with E-state index in [9.17, 15) is 9.59 Å². The topological polar surface area (TPSA) is 49.4 Å². The SMILES string of the molecule is Cc1ccc(CNC(=O)[C@H]2CCC(=O)N2Cc2ccc(C)cc2)cc1. The number of aryl methyl sites for hydroxylation is 2. The molecule has 4 nitrogen and oxygen atoms in total. The number of nitrogens with one attached hydrogen (secondary N) is 1. The van der Waals surface area contributed by atoms with Crippen LogP contribution in [0.25, 0.3) is 0 Å². The zero-order valence-electron chi connectivity index (χ0n) is 14.8. The molecule has 2 amide bonds. The van der Waals surface area contributed by atoms with Gasteiger partial charge in [-0.3, -0.25) is 9.59 Å². The van der Waals surface area contributed by atoms with Gasteiger partial charge in [0.2, 0.25) is 11.8 Å². The van der Waals surface area contributed by atoms with Crippen LogP contribution in [0, 0.1) is 13.8 Å². The number of rotatable bonds is 5. The highest BCUT2D eigenvalue weighted by Gasteiger charge is 2.35. The lowest BCUT2D eigenvalue weighted by molar-refractivity contribution is -0.135. The number of hydrogen-bond acceptors (Lipinski definition) is 2. The van der Waals surface area contributed by atoms with Gasteiger partial charge in [0.05, 0.1) is 0 Å². The van der Waals surface area contributed by atoms with Gasteiger partial charge in [-0.1, -0.05) is 59.7 Å². The third kappa shape index (κ3) is 4.27. The predicted molar refractivity (Wildman–Crippen MR) is 97.8 cm³/mol. The largest absolute Gasteiger partial charge is 0.350 e. The van der Waals surface area contributed by atoms with Crippen molar-refractivity contribution < 1.29 is 9.59 Å². The number of carbonyl (C=O) groups is 2. The molecule has 2 aromatic rings. The average Bonchev–Trinajstić information content (AvgIpc) is 2.97. The highest BCUT2D eigenvalue weighted by atomic mass is 16.2. The molecule has 1 fully saturated rings. The van der Waals surface area contributed by atoms with E-state index in [0.717, 1.165) is 11.1 Å². The van der Waals surface area contributed by atoms with E-state index >= 15 is 0 Å². The van der Waals surface area contributed by atoms with Gasteiger partial charge in [0, 0.05) is 19.5 Å². The first-order valence-corrected chi connectivity index (χ1v) is 8.71. The van der Waals surface area contributed by atoms with E-state index in [1.165, 1.54) is 11.1 Å². The van der Waals surface area contributed by atoms with Crippen molar-refractivity contribution in [1.29, 1.82) is 0 Å². The summed E-state index contributed by atoms with van der Waals surface area (Å²) in [7, 11) is 0. The second kappa shape index (κ2) is 7.51. The van der Waals surface area contributed by atoms with Gasteiger partial charge in [0.15, 0.2) is 0 Å². The molecule has 3 rings (SSSR count). The van der Waals surface area contributed by atoms with Crippen LogP contribution in [-0.4, -0.2) is 22.8 Å². The van der Waals surface area contributed by atoms with E-state index in [1.807, 2.05) is 62.4 Å². The van der Waals surface area contributed by atoms with Gasteiger partial charge in [0.25, 0.3) is 0 Å². The van der Waals surface area contributed by atoms with Crippen molar-refractivity contribution in [2.24, 2.45) is 0 Å². The Morgan fingerprint density at radius 3 is 2.16 bits per heavy atom. The van der Waals surface area contributed by atoms with Crippen molar-refractivity contribution in [2.45, 2.75) is 45.8 Å². The van der Waals surface area contributed by atoms with Gasteiger partial charge in [-0.15, -0.1) is 0 Å². The monoisotopic (exact) mass is 336 g/mol. The summed E-state index contributed by atoms with van der Waals surface area (Å²) in [6.07, 6.45) is 1.03. The molecule has 1 saturated heterocycles. The van der Waals surface area contributed by atoms with Crippen LogP contribution in [0.15, 0.2) is 48.5 Å². The normalized spacial score (nSPS) is 17.0. The fourth-order valence-electron chi connectivity index (χ4n) is 3.11. The lowest BCUT2D eigenvalue weighted by Gasteiger charge is -2.24. The maximum absolute atomic E-state index is 12.6. The first kappa shape index (κ1) is 17.2. The fraction of sp³-hybridized carbons (Fsp3) is 0.333. The second-order valence-corrected chi connectivity index (χ2v) is 6.77. The summed E-state index contributed by atoms with van der Waals surface area (Å²) in [6, 6.07) is 15.8. The molecule has 0 unspecified atom stereocenters. The molecular formula is C21H24N2O2. The van der Waals surface area contributed by atoms with E-state index in [-0.39, 0.29) is 17.9 Å². The Hall–Kier alpha value is -2.62. The highest BCUT2D eigenvalue weighted by Crippen LogP contribution is 2.22. The molecule has 0 spiro atoms. The van der Waals surface area contributed by atoms with Gasteiger partial charge in [0.1, 0.15) is 6.04 Å². The van der Waals surface area contributed by atoms with Crippen LogP contribution in [0.4, 0.5) is 0 Å². The Labute approximate surface area is 148 Å². The highest BCUT2D eigenvalue weighted by molar-refractivity contribution is 5.90. The molecule has 1 atom stereocenters. The first-order valence-electron chi connectivity index (χ1n) is 8.71. The fourth-order valence-corrected chi connectivity index (χ4v) is 3.11. The first-order chi connectivity index (χ1) is 12.0. The average molecular weight is 336 g/mol. The summed E-state index contributed by atoms with van der Waals surface area (Å²) in [5.41, 5.74) is 4.50. The zero-order valence-corrected chi connectivity index (χ0v) is 14.8. The van der Waals surface area contributed by atoms with Crippen LogP contribution in [0.1, 0.15) is 35.1 Å². The van der Waals surface area contributed by atoms with Gasteiger partial charge in [-0.2, -0.15) is 0 Å². The van der Waals surface area contributed by atoms with Gasteiger partial charge >= 0.3 is 0 Å². The summed E-state index contributed by atoms with van der Waals surface area (Å²) in [6.45, 7) is 5.05. The van der Waals surface area contributed by atoms with E-state index in [2.05, 4.69) is 5.32 Å². The van der Waals surface area contributed by atoms with Crippen LogP contribution < -0.4 is 5.32 Å². The molecule has 130 valence electrons. The molecule has 1 aliphatic heterocycles. The number of likely N-dealkylation sites (tertiary alicyclic amines) is 1. The smallest absolute Gasteiger partial charge is 0.243 e. The number of hydrogen-bond donors (Lipinski definition) is 1. The molecule has 25 heavy (non-hydrogen) atoms. The Morgan fingerprint density at radius 1 is 1.00 bits per heavy atom. The van der Waals surface area contributed by atoms with Crippen molar-refractivity contribution in [2.75, 3.05) is 0 Å². The minimum atomic E-state index is -0.376. The Bertz CT molecular complexity index is 750. The molecule has 1 N–H and O–H groups in total. The Balaban J connectivity index is 1.62. The van der Waals surface area contributed by atoms with Crippen LogP contribution in [0.5, 0.6) is 0 Å². The molecule has 2 aromatic carbocycles. The summed E-state index contributed by atoms with van der Waals surface area (Å²) < 4.78 is 0. The third-order valence-electron chi connectivity index (χ3n) is 4.69. The minimum absolute atomic E-state index is 0.0519. The van der Waals surface area contributed by atoms with Crippen molar-refractivity contribution in [3.63, 3.8) is 0 Å². The second-order valence-electron chi connectivity index (χ2n) is 6.77. The van der Waals surface area contributed by atoms with Crippen LogP contribution in [-0.2, 0) is 22.7 Å². The maximum Gasteiger partial charge on any atom is 0.243 e. The number of amides is 2. The molecule has 4 heteroatoms. The third-order valence-corrected chi connectivity index (χ3v) is 4.69. The van der Waals surface area contributed by atoms with Crippen molar-refractivity contribution >= 4 is 11.8 Å². The molecule has 0 radical (unpaired) electrons. The molecule has 0 bridgehead atoms. The molecule has 1 aliphatic rings. The van der Waals surface area contributed by atoms with Crippen molar-refractivity contribution in [1.82, 2.24) is 10.2 Å². The van der Waals surface area contributed by atoms with Crippen LogP contribution in [0.3, 0.4) is 0 Å². The summed E-state index contributed by atoms with van der Waals surface area (Å²) in [5.74, 6) is -0.0189. The van der Waals surface area contributed by atoms with E-state index in [0.29, 0.717) is 25.9 Å². The Morgan fingerprint density at radius 2 is 1.56 bits per heavy atom. The van der Waals surface area contributed by atoms with Crippen LogP contribution in [0.2, 0.25) is 0 Å². The molecule has 1 heterocycles. The predicted octanol–water partition coefficient (Wildman–Crippen LogP) is 3.11. The van der Waals surface area contributed by atoms with Crippen LogP contribution >= 0.6 is 0 Å². The van der Waals surface area contributed by atoms with Gasteiger partial charge in [-0.25, -0.2) is 0 Å². The van der Waals surface area contributed by atoms with E-state index in [4.69, 9.17) is 0 Å². The molecular weight excluding hydrogens is 312 g/mol. The number of carbonyl (C=O) groups excluding carboxylic acids is 2. The lowest BCUT2D eigenvalue weighted by Crippen LogP contribution is -2.44. The summed E-state index contributed by atoms with van der Waals surface area (Å²) in [5, 5.41) is 2.97. The molecule has 0 saturated carbocycles. The quantitative estimate of drug-likeness (QED) is 0.912. The maximum atomic E-state index is 12.6. The number of nitrogens with zero attached hydrogens (tertiary/aromatic N) is 1. The summed E-state index contributed by atoms with van der Waals surface area (Å²) in [4.78, 5) is 26.5. The molecule has 0 aromatic heterocycles. The van der Waals surface area contributed by atoms with E-state index < -0.39 is 0 Å². The van der Waals surface area contributed by atoms with Crippen molar-refractivity contribution in [3.05, 3.63) is 70.8 Å². The number of benzene rings is 2. The van der Waals surface area contributed by atoms with Gasteiger partial charge in [-0.05, 0) is 31.4 Å².